The van der Waals surface area contributed by atoms with Crippen LogP contribution in [-0.2, 0) is 0 Å². The summed E-state index contributed by atoms with van der Waals surface area (Å²) in [6.07, 6.45) is 5.43. The molecular weight excluding hydrogens is 331 g/mol. The largest absolute Gasteiger partial charge is 0.345 e. The van der Waals surface area contributed by atoms with E-state index in [1.54, 1.807) is 25.1 Å². The van der Waals surface area contributed by atoms with Crippen molar-refractivity contribution in [1.82, 2.24) is 15.1 Å². The normalized spacial score (nSPS) is 15.8. The van der Waals surface area contributed by atoms with Crippen LogP contribution in [0, 0.1) is 12.7 Å². The molecule has 5 nitrogen and oxygen atoms in total. The molecule has 3 rings (SSSR count). The van der Waals surface area contributed by atoms with Gasteiger partial charge in [-0.25, -0.2) is 9.07 Å². The molecule has 1 fully saturated rings. The van der Waals surface area contributed by atoms with Crippen LogP contribution in [-0.4, -0.2) is 27.8 Å². The number of halogens is 2. The molecule has 0 radical (unpaired) electrons. The van der Waals surface area contributed by atoms with Gasteiger partial charge < -0.3 is 11.1 Å². The van der Waals surface area contributed by atoms with Crippen molar-refractivity contribution in [3.63, 3.8) is 0 Å². The maximum Gasteiger partial charge on any atom is 0.255 e. The molecule has 1 aromatic carbocycles. The molecule has 0 unspecified atom stereocenters. The van der Waals surface area contributed by atoms with Crippen LogP contribution in [0.2, 0.25) is 0 Å². The van der Waals surface area contributed by atoms with E-state index in [0.717, 1.165) is 25.7 Å². The van der Waals surface area contributed by atoms with Gasteiger partial charge in [-0.1, -0.05) is 25.0 Å². The van der Waals surface area contributed by atoms with Crippen molar-refractivity contribution < 1.29 is 9.18 Å². The molecule has 130 valence electrons. The molecule has 0 saturated heterocycles. The van der Waals surface area contributed by atoms with Crippen LogP contribution in [0.1, 0.15) is 41.7 Å². The van der Waals surface area contributed by atoms with E-state index < -0.39 is 0 Å². The van der Waals surface area contributed by atoms with Crippen LogP contribution in [0.15, 0.2) is 30.5 Å². The molecular formula is C17H22ClFN4O. The topological polar surface area (TPSA) is 72.9 Å². The number of carbonyl (C=O) groups excluding carboxylic acids is 1. The van der Waals surface area contributed by atoms with Crippen LogP contribution >= 0.6 is 12.4 Å². The summed E-state index contributed by atoms with van der Waals surface area (Å²) in [5, 5.41) is 7.24. The van der Waals surface area contributed by atoms with Gasteiger partial charge in [-0.2, -0.15) is 5.10 Å². The molecule has 0 bridgehead atoms. The van der Waals surface area contributed by atoms with Gasteiger partial charge in [0.15, 0.2) is 0 Å². The molecule has 2 aromatic rings. The fourth-order valence-electron chi connectivity index (χ4n) is 3.24. The molecule has 1 amide bonds. The highest BCUT2D eigenvalue weighted by molar-refractivity contribution is 5.95. The van der Waals surface area contributed by atoms with Gasteiger partial charge in [0.1, 0.15) is 11.5 Å². The maximum atomic E-state index is 13.9. The summed E-state index contributed by atoms with van der Waals surface area (Å²) in [6.45, 7) is 2.19. The Morgan fingerprint density at radius 2 is 2.04 bits per heavy atom. The predicted octanol–water partition coefficient (Wildman–Crippen LogP) is 2.74. The number of nitrogens with zero attached hydrogens (tertiary/aromatic N) is 2. The minimum atomic E-state index is -0.375. The lowest BCUT2D eigenvalue weighted by Crippen LogP contribution is -2.51. The summed E-state index contributed by atoms with van der Waals surface area (Å²) in [5.74, 6) is -0.572. The molecule has 7 heteroatoms. The number of aromatic nitrogens is 2. The lowest BCUT2D eigenvalue weighted by molar-refractivity contribution is 0.0902. The zero-order valence-corrected chi connectivity index (χ0v) is 14.4. The Labute approximate surface area is 146 Å². The summed E-state index contributed by atoms with van der Waals surface area (Å²) in [7, 11) is 0. The SMILES string of the molecule is Cc1c(C(=O)NC2(CN)CCCC2)cnn1-c1ccccc1F.Cl. The van der Waals surface area contributed by atoms with E-state index in [1.165, 1.54) is 16.9 Å². The fourth-order valence-corrected chi connectivity index (χ4v) is 3.24. The van der Waals surface area contributed by atoms with E-state index in [9.17, 15) is 9.18 Å². The Balaban J connectivity index is 0.00000208. The molecule has 1 heterocycles. The van der Waals surface area contributed by atoms with Gasteiger partial charge in [0.2, 0.25) is 0 Å². The first-order valence-electron chi connectivity index (χ1n) is 7.88. The number of amides is 1. The third-order valence-corrected chi connectivity index (χ3v) is 4.67. The number of rotatable bonds is 4. The molecule has 0 spiro atoms. The summed E-state index contributed by atoms with van der Waals surface area (Å²) < 4.78 is 15.4. The van der Waals surface area contributed by atoms with E-state index in [4.69, 9.17) is 5.73 Å². The molecule has 0 aliphatic heterocycles. The monoisotopic (exact) mass is 352 g/mol. The zero-order chi connectivity index (χ0) is 16.4. The number of hydrogen-bond acceptors (Lipinski definition) is 3. The quantitative estimate of drug-likeness (QED) is 0.888. The van der Waals surface area contributed by atoms with E-state index in [0.29, 0.717) is 23.5 Å². The van der Waals surface area contributed by atoms with Gasteiger partial charge in [-0.15, -0.1) is 12.4 Å². The van der Waals surface area contributed by atoms with Crippen LogP contribution in [0.5, 0.6) is 0 Å². The summed E-state index contributed by atoms with van der Waals surface area (Å²) in [4.78, 5) is 12.6. The Morgan fingerprint density at radius 3 is 2.67 bits per heavy atom. The van der Waals surface area contributed by atoms with E-state index in [-0.39, 0.29) is 29.7 Å². The first-order chi connectivity index (χ1) is 11.1. The maximum absolute atomic E-state index is 13.9. The van der Waals surface area contributed by atoms with Gasteiger partial charge in [-0.3, -0.25) is 4.79 Å². The van der Waals surface area contributed by atoms with Gasteiger partial charge >= 0.3 is 0 Å². The molecule has 0 atom stereocenters. The standard InChI is InChI=1S/C17H21FN4O.ClH/c1-12-13(16(23)21-17(11-19)8-4-5-9-17)10-20-22(12)15-7-3-2-6-14(15)18;/h2-3,6-7,10H,4-5,8-9,11,19H2,1H3,(H,21,23);1H. The summed E-state index contributed by atoms with van der Waals surface area (Å²) in [5.41, 5.74) is 6.94. The van der Waals surface area contributed by atoms with Crippen LogP contribution in [0.4, 0.5) is 4.39 Å². The van der Waals surface area contributed by atoms with Gasteiger partial charge in [0, 0.05) is 6.54 Å². The molecule has 24 heavy (non-hydrogen) atoms. The second kappa shape index (κ2) is 7.32. The van der Waals surface area contributed by atoms with Crippen molar-refractivity contribution >= 4 is 18.3 Å². The average Bonchev–Trinajstić information content (AvgIpc) is 3.15. The Morgan fingerprint density at radius 1 is 1.38 bits per heavy atom. The van der Waals surface area contributed by atoms with Crippen molar-refractivity contribution in [2.75, 3.05) is 6.54 Å². The number of para-hydroxylation sites is 1. The number of benzene rings is 1. The third kappa shape index (κ3) is 3.30. The van der Waals surface area contributed by atoms with Crippen LogP contribution in [0.3, 0.4) is 0 Å². The highest BCUT2D eigenvalue weighted by Gasteiger charge is 2.34. The second-order valence-corrected chi connectivity index (χ2v) is 6.15. The molecule has 1 aromatic heterocycles. The first kappa shape index (κ1) is 18.4. The van der Waals surface area contributed by atoms with Crippen molar-refractivity contribution in [3.05, 3.63) is 47.5 Å². The van der Waals surface area contributed by atoms with Crippen molar-refractivity contribution in [2.45, 2.75) is 38.1 Å². The fraction of sp³-hybridized carbons (Fsp3) is 0.412. The lowest BCUT2D eigenvalue weighted by atomic mass is 9.97. The third-order valence-electron chi connectivity index (χ3n) is 4.67. The highest BCUT2D eigenvalue weighted by Crippen LogP contribution is 2.29. The van der Waals surface area contributed by atoms with E-state index in [1.807, 2.05) is 0 Å². The highest BCUT2D eigenvalue weighted by atomic mass is 35.5. The minimum absolute atomic E-state index is 0. The van der Waals surface area contributed by atoms with E-state index >= 15 is 0 Å². The molecule has 1 saturated carbocycles. The first-order valence-corrected chi connectivity index (χ1v) is 7.88. The Hall–Kier alpha value is -1.92. The summed E-state index contributed by atoms with van der Waals surface area (Å²) in [6, 6.07) is 6.37. The molecule has 1 aliphatic rings. The van der Waals surface area contributed by atoms with Gasteiger partial charge in [0.25, 0.3) is 5.91 Å². The number of nitrogens with two attached hydrogens (primary N) is 1. The van der Waals surface area contributed by atoms with E-state index in [2.05, 4.69) is 10.4 Å². The zero-order valence-electron chi connectivity index (χ0n) is 13.6. The second-order valence-electron chi connectivity index (χ2n) is 6.15. The predicted molar refractivity (Wildman–Crippen MR) is 93.2 cm³/mol. The number of nitrogens with one attached hydrogen (secondary N) is 1. The molecule has 1 aliphatic carbocycles. The van der Waals surface area contributed by atoms with Crippen molar-refractivity contribution in [1.29, 1.82) is 0 Å². The number of hydrogen-bond donors (Lipinski definition) is 2. The Kier molecular flexibility index (Phi) is 5.62. The lowest BCUT2D eigenvalue weighted by Gasteiger charge is -2.28. The Bertz CT molecular complexity index is 725. The average molecular weight is 353 g/mol. The van der Waals surface area contributed by atoms with Crippen molar-refractivity contribution in [2.24, 2.45) is 5.73 Å². The number of carbonyl (C=O) groups is 1. The van der Waals surface area contributed by atoms with Crippen LogP contribution in [0.25, 0.3) is 5.69 Å². The van der Waals surface area contributed by atoms with Gasteiger partial charge in [0.05, 0.1) is 23.0 Å². The minimum Gasteiger partial charge on any atom is -0.345 e. The molecule has 3 N–H and O–H groups in total. The summed E-state index contributed by atoms with van der Waals surface area (Å²) >= 11 is 0. The van der Waals surface area contributed by atoms with Gasteiger partial charge in [-0.05, 0) is 31.9 Å². The van der Waals surface area contributed by atoms with Crippen LogP contribution < -0.4 is 11.1 Å². The van der Waals surface area contributed by atoms with Crippen molar-refractivity contribution in [3.8, 4) is 5.69 Å². The smallest absolute Gasteiger partial charge is 0.255 e.